The zero-order valence-electron chi connectivity index (χ0n) is 19.0. The number of sulfonamides is 1. The molecule has 3 aromatic rings. The standard InChI is InChI=1S/C22H21N3O9S2/c1-3-24-16(10-11-18(24)22(27)28)14-6-4-7-15(12-14)35(29,30)23-36(31,32)25-13-20(26)34-19-9-5-8-17(25)21(19)33-2/h4-12,23H,3,13H2,1-2H3,(H,27,28). The first kappa shape index (κ1) is 25.2. The van der Waals surface area contributed by atoms with Gasteiger partial charge in [0.25, 0.3) is 10.0 Å². The molecule has 0 fully saturated rings. The van der Waals surface area contributed by atoms with Crippen molar-refractivity contribution in [1.82, 2.24) is 8.69 Å². The van der Waals surface area contributed by atoms with E-state index in [1.807, 2.05) is 0 Å². The van der Waals surface area contributed by atoms with Crippen molar-refractivity contribution in [1.29, 1.82) is 0 Å². The van der Waals surface area contributed by atoms with E-state index in [4.69, 9.17) is 9.47 Å². The second-order valence-electron chi connectivity index (χ2n) is 7.56. The van der Waals surface area contributed by atoms with Gasteiger partial charge in [0, 0.05) is 12.2 Å². The van der Waals surface area contributed by atoms with Crippen molar-refractivity contribution < 1.29 is 41.0 Å². The molecule has 1 aliphatic rings. The van der Waals surface area contributed by atoms with Gasteiger partial charge in [0.15, 0.2) is 11.5 Å². The predicted molar refractivity (Wildman–Crippen MR) is 128 cm³/mol. The second kappa shape index (κ2) is 9.29. The van der Waals surface area contributed by atoms with Crippen LogP contribution in [-0.4, -0.2) is 52.1 Å². The molecule has 1 aromatic heterocycles. The summed E-state index contributed by atoms with van der Waals surface area (Å²) in [6.45, 7) is 1.25. The molecule has 36 heavy (non-hydrogen) atoms. The molecule has 0 aliphatic carbocycles. The number of carboxylic acids is 1. The summed E-state index contributed by atoms with van der Waals surface area (Å²) >= 11 is 0. The van der Waals surface area contributed by atoms with Gasteiger partial charge in [-0.15, -0.1) is 0 Å². The third-order valence-corrected chi connectivity index (χ3v) is 8.89. The number of rotatable bonds is 8. The first-order valence-corrected chi connectivity index (χ1v) is 13.4. The number of esters is 1. The smallest absolute Gasteiger partial charge is 0.352 e. The molecule has 190 valence electrons. The molecule has 2 bridgehead atoms. The van der Waals surface area contributed by atoms with Gasteiger partial charge in [-0.25, -0.2) is 22.3 Å². The molecule has 0 amide bonds. The number of anilines is 1. The quantitative estimate of drug-likeness (QED) is 0.324. The second-order valence-corrected chi connectivity index (χ2v) is 11.1. The van der Waals surface area contributed by atoms with Gasteiger partial charge in [-0.2, -0.15) is 8.42 Å². The lowest BCUT2D eigenvalue weighted by Crippen LogP contribution is -2.46. The van der Waals surface area contributed by atoms with E-state index < -0.39 is 38.7 Å². The van der Waals surface area contributed by atoms with Crippen LogP contribution in [0.2, 0.25) is 0 Å². The molecule has 2 heterocycles. The number of ether oxygens (including phenoxy) is 2. The van der Waals surface area contributed by atoms with E-state index in [0.717, 1.165) is 0 Å². The molecule has 12 nitrogen and oxygen atoms in total. The van der Waals surface area contributed by atoms with Crippen LogP contribution < -0.4 is 17.9 Å². The lowest BCUT2D eigenvalue weighted by atomic mass is 10.1. The SMILES string of the molecule is CCn1c(C(=O)O)ccc1-c1cccc(S(=O)(=O)NS(=O)(=O)N2CC(=O)Oc3cccc2c3OC)c1. The Bertz CT molecular complexity index is 1580. The minimum Gasteiger partial charge on any atom is -0.491 e. The van der Waals surface area contributed by atoms with Gasteiger partial charge in [-0.05, 0) is 48.9 Å². The number of benzene rings is 2. The predicted octanol–water partition coefficient (Wildman–Crippen LogP) is 1.83. The maximum Gasteiger partial charge on any atom is 0.352 e. The highest BCUT2D eigenvalue weighted by Crippen LogP contribution is 2.40. The fourth-order valence-corrected chi connectivity index (χ4v) is 6.93. The number of hydrogen-bond acceptors (Lipinski definition) is 8. The van der Waals surface area contributed by atoms with Gasteiger partial charge in [0.05, 0.1) is 17.7 Å². The summed E-state index contributed by atoms with van der Waals surface area (Å²) in [7, 11) is -8.25. The van der Waals surface area contributed by atoms with E-state index in [0.29, 0.717) is 22.1 Å². The van der Waals surface area contributed by atoms with Crippen LogP contribution in [-0.2, 0) is 31.6 Å². The van der Waals surface area contributed by atoms with E-state index in [9.17, 15) is 31.5 Å². The lowest BCUT2D eigenvalue weighted by Gasteiger charge is -2.22. The lowest BCUT2D eigenvalue weighted by molar-refractivity contribution is -0.132. The monoisotopic (exact) mass is 535 g/mol. The Balaban J connectivity index is 1.72. The zero-order valence-corrected chi connectivity index (χ0v) is 20.7. The van der Waals surface area contributed by atoms with Crippen LogP contribution in [0.15, 0.2) is 59.5 Å². The van der Waals surface area contributed by atoms with Crippen LogP contribution in [0.1, 0.15) is 17.4 Å². The Hall–Kier alpha value is -3.88. The highest BCUT2D eigenvalue weighted by molar-refractivity contribution is 8.05. The van der Waals surface area contributed by atoms with Crippen molar-refractivity contribution in [3.63, 3.8) is 0 Å². The fraction of sp³-hybridized carbons (Fsp3) is 0.182. The third kappa shape index (κ3) is 4.53. The number of carbonyl (C=O) groups is 2. The van der Waals surface area contributed by atoms with Crippen molar-refractivity contribution >= 4 is 37.9 Å². The average Bonchev–Trinajstić information content (AvgIpc) is 3.23. The molecule has 4 rings (SSSR count). The highest BCUT2D eigenvalue weighted by atomic mass is 32.3. The van der Waals surface area contributed by atoms with E-state index in [1.165, 1.54) is 60.2 Å². The molecule has 2 aromatic carbocycles. The number of carboxylic acid groups (broad SMARTS) is 1. The van der Waals surface area contributed by atoms with Gasteiger partial charge in [-0.1, -0.05) is 22.3 Å². The molecule has 0 atom stereocenters. The van der Waals surface area contributed by atoms with Crippen LogP contribution in [0.3, 0.4) is 0 Å². The molecule has 14 heteroatoms. The maximum absolute atomic E-state index is 13.2. The third-order valence-electron chi connectivity index (χ3n) is 5.39. The Kier molecular flexibility index (Phi) is 6.51. The highest BCUT2D eigenvalue weighted by Gasteiger charge is 2.36. The van der Waals surface area contributed by atoms with Crippen LogP contribution in [0.25, 0.3) is 11.3 Å². The van der Waals surface area contributed by atoms with Gasteiger partial charge in [0.2, 0.25) is 0 Å². The van der Waals surface area contributed by atoms with Crippen LogP contribution in [0, 0.1) is 0 Å². The Morgan fingerprint density at radius 3 is 2.50 bits per heavy atom. The summed E-state index contributed by atoms with van der Waals surface area (Å²) in [5.74, 6) is -2.14. The van der Waals surface area contributed by atoms with Gasteiger partial charge >= 0.3 is 22.1 Å². The molecular weight excluding hydrogens is 514 g/mol. The van der Waals surface area contributed by atoms with Crippen molar-refractivity contribution in [3.8, 4) is 22.8 Å². The number of carbonyl (C=O) groups excluding carboxylic acids is 1. The Morgan fingerprint density at radius 1 is 1.11 bits per heavy atom. The summed E-state index contributed by atoms with van der Waals surface area (Å²) in [5, 5.41) is 9.38. The number of nitrogens with zero attached hydrogens (tertiary/aromatic N) is 2. The molecule has 2 N–H and O–H groups in total. The van der Waals surface area contributed by atoms with Gasteiger partial charge in [0.1, 0.15) is 12.2 Å². The first-order chi connectivity index (χ1) is 17.0. The van der Waals surface area contributed by atoms with E-state index in [1.54, 1.807) is 17.1 Å². The number of aromatic nitrogens is 1. The summed E-state index contributed by atoms with van der Waals surface area (Å²) in [4.78, 5) is 23.3. The molecule has 0 radical (unpaired) electrons. The normalized spacial score (nSPS) is 13.7. The average molecular weight is 536 g/mol. The minimum absolute atomic E-state index is 0.00656. The summed E-state index contributed by atoms with van der Waals surface area (Å²) in [5.41, 5.74) is 0.730. The fourth-order valence-electron chi connectivity index (χ4n) is 3.86. The van der Waals surface area contributed by atoms with Crippen molar-refractivity contribution in [2.75, 3.05) is 18.0 Å². The molecule has 0 saturated heterocycles. The van der Waals surface area contributed by atoms with E-state index in [2.05, 4.69) is 0 Å². The van der Waals surface area contributed by atoms with Crippen molar-refractivity contribution in [2.24, 2.45) is 0 Å². The Labute approximate surface area is 206 Å². The van der Waals surface area contributed by atoms with E-state index in [-0.39, 0.29) is 27.8 Å². The first-order valence-electron chi connectivity index (χ1n) is 10.5. The summed E-state index contributed by atoms with van der Waals surface area (Å²) in [6.07, 6.45) is 0. The zero-order chi connectivity index (χ0) is 26.3. The Morgan fingerprint density at radius 2 is 1.83 bits per heavy atom. The number of methoxy groups -OCH3 is 1. The number of nitrogens with one attached hydrogen (secondary N) is 1. The van der Waals surface area contributed by atoms with Crippen LogP contribution in [0.5, 0.6) is 11.5 Å². The number of aromatic carboxylic acids is 1. The van der Waals surface area contributed by atoms with E-state index >= 15 is 0 Å². The molecular formula is C22H21N3O9S2. The number of fused-ring (bicyclic) bond motifs is 2. The van der Waals surface area contributed by atoms with Crippen LogP contribution in [0.4, 0.5) is 5.69 Å². The molecule has 1 aliphatic heterocycles. The molecule has 0 unspecified atom stereocenters. The molecule has 0 spiro atoms. The number of hydrogen-bond donors (Lipinski definition) is 2. The van der Waals surface area contributed by atoms with Gasteiger partial charge < -0.3 is 19.1 Å². The largest absolute Gasteiger partial charge is 0.491 e. The van der Waals surface area contributed by atoms with Crippen molar-refractivity contribution in [3.05, 3.63) is 60.3 Å². The number of para-hydroxylation sites is 1. The maximum atomic E-state index is 13.2. The van der Waals surface area contributed by atoms with Gasteiger partial charge in [-0.3, -0.25) is 0 Å². The summed E-state index contributed by atoms with van der Waals surface area (Å²) < 4.78 is 66.6. The van der Waals surface area contributed by atoms with Crippen LogP contribution >= 0.6 is 0 Å². The van der Waals surface area contributed by atoms with Crippen molar-refractivity contribution in [2.45, 2.75) is 18.4 Å². The molecule has 0 saturated carbocycles. The minimum atomic E-state index is -4.84. The topological polar surface area (TPSA) is 161 Å². The summed E-state index contributed by atoms with van der Waals surface area (Å²) in [6, 6.07) is 12.5.